The van der Waals surface area contributed by atoms with Crippen molar-refractivity contribution in [3.63, 3.8) is 0 Å². The Hall–Kier alpha value is -0.0900. The fraction of sp³-hybridized carbons (Fsp3) is 1.00. The van der Waals surface area contributed by atoms with E-state index in [1.807, 2.05) is 0 Å². The van der Waals surface area contributed by atoms with Crippen molar-refractivity contribution in [1.29, 1.82) is 0 Å². The zero-order valence-corrected chi connectivity index (χ0v) is 9.23. The first kappa shape index (κ1) is 11.0. The van der Waals surface area contributed by atoms with E-state index in [4.69, 9.17) is 0 Å². The summed E-state index contributed by atoms with van der Waals surface area (Å²) < 4.78 is 21.9. The molecule has 0 aliphatic heterocycles. The van der Waals surface area contributed by atoms with Crippen LogP contribution in [0.5, 0.6) is 0 Å². The van der Waals surface area contributed by atoms with E-state index < -0.39 is 9.84 Å². The van der Waals surface area contributed by atoms with E-state index in [0.717, 1.165) is 18.9 Å². The van der Waals surface area contributed by atoms with E-state index in [1.54, 1.807) is 0 Å². The minimum Gasteiger partial charge on any atom is -0.314 e. The molecule has 1 N–H and O–H groups in total. The van der Waals surface area contributed by atoms with Gasteiger partial charge in [-0.05, 0) is 31.7 Å². The molecule has 3 nitrogen and oxygen atoms in total. The maximum absolute atomic E-state index is 11.0. The van der Waals surface area contributed by atoms with Gasteiger partial charge in [0, 0.05) is 12.3 Å². The summed E-state index contributed by atoms with van der Waals surface area (Å²) in [7, 11) is -2.78. The van der Waals surface area contributed by atoms with Crippen molar-refractivity contribution in [2.75, 3.05) is 18.6 Å². The molecule has 0 aromatic rings. The van der Waals surface area contributed by atoms with Gasteiger partial charge in [0.15, 0.2) is 0 Å². The van der Waals surface area contributed by atoms with E-state index in [2.05, 4.69) is 12.2 Å². The largest absolute Gasteiger partial charge is 0.314 e. The second kappa shape index (κ2) is 4.42. The van der Waals surface area contributed by atoms with E-state index in [9.17, 15) is 8.42 Å². The second-order valence-electron chi connectivity index (χ2n) is 3.92. The fourth-order valence-electron chi connectivity index (χ4n) is 1.61. The average Bonchev–Trinajstić information content (AvgIpc) is 2.78. The van der Waals surface area contributed by atoms with Gasteiger partial charge in [0.25, 0.3) is 0 Å². The molecule has 0 amide bonds. The highest BCUT2D eigenvalue weighted by Gasteiger charge is 2.30. The summed E-state index contributed by atoms with van der Waals surface area (Å²) in [5.74, 6) is 1.06. The van der Waals surface area contributed by atoms with Gasteiger partial charge in [-0.2, -0.15) is 0 Å². The molecule has 0 aromatic heterocycles. The van der Waals surface area contributed by atoms with Gasteiger partial charge in [0.2, 0.25) is 0 Å². The summed E-state index contributed by atoms with van der Waals surface area (Å²) >= 11 is 0. The lowest BCUT2D eigenvalue weighted by Gasteiger charge is -2.16. The highest BCUT2D eigenvalue weighted by Crippen LogP contribution is 2.34. The Balaban J connectivity index is 2.30. The first-order valence-electron chi connectivity index (χ1n) is 4.94. The van der Waals surface area contributed by atoms with Gasteiger partial charge in [0.05, 0.1) is 5.75 Å². The first-order chi connectivity index (χ1) is 6.03. The van der Waals surface area contributed by atoms with Crippen molar-refractivity contribution in [2.45, 2.75) is 32.2 Å². The molecule has 78 valence electrons. The third kappa shape index (κ3) is 4.62. The molecule has 1 unspecified atom stereocenters. The normalized spacial score (nSPS) is 20.2. The topological polar surface area (TPSA) is 46.2 Å². The Kier molecular flexibility index (Phi) is 3.74. The molecule has 0 spiro atoms. The molecule has 0 aromatic carbocycles. The summed E-state index contributed by atoms with van der Waals surface area (Å²) in [6.45, 7) is 3.00. The van der Waals surface area contributed by atoms with Crippen molar-refractivity contribution in [3.05, 3.63) is 0 Å². The predicted molar refractivity (Wildman–Crippen MR) is 54.5 cm³/mol. The maximum Gasteiger partial charge on any atom is 0.147 e. The van der Waals surface area contributed by atoms with Crippen molar-refractivity contribution in [1.82, 2.24) is 5.32 Å². The van der Waals surface area contributed by atoms with Gasteiger partial charge in [-0.15, -0.1) is 0 Å². The fourth-order valence-corrected chi connectivity index (χ4v) is 2.29. The molecule has 1 aliphatic rings. The molecule has 1 rings (SSSR count). The van der Waals surface area contributed by atoms with Crippen LogP contribution in [-0.2, 0) is 9.84 Å². The number of nitrogens with one attached hydrogen (secondary N) is 1. The van der Waals surface area contributed by atoms with Gasteiger partial charge in [-0.3, -0.25) is 0 Å². The van der Waals surface area contributed by atoms with E-state index >= 15 is 0 Å². The molecule has 13 heavy (non-hydrogen) atoms. The van der Waals surface area contributed by atoms with Crippen LogP contribution in [0.3, 0.4) is 0 Å². The zero-order valence-electron chi connectivity index (χ0n) is 8.41. The Morgan fingerprint density at radius 2 is 2.08 bits per heavy atom. The lowest BCUT2D eigenvalue weighted by Crippen LogP contribution is -2.32. The lowest BCUT2D eigenvalue weighted by atomic mass is 10.1. The minimum atomic E-state index is -2.78. The molecule has 0 radical (unpaired) electrons. The van der Waals surface area contributed by atoms with E-state index in [-0.39, 0.29) is 0 Å². The summed E-state index contributed by atoms with van der Waals surface area (Å²) in [6.07, 6.45) is 4.61. The molecule has 0 bridgehead atoms. The predicted octanol–water partition coefficient (Wildman–Crippen LogP) is 0.809. The quantitative estimate of drug-likeness (QED) is 0.698. The van der Waals surface area contributed by atoms with Gasteiger partial charge in [0.1, 0.15) is 9.84 Å². The monoisotopic (exact) mass is 205 g/mol. The zero-order chi connectivity index (χ0) is 9.90. The van der Waals surface area contributed by atoms with Gasteiger partial charge >= 0.3 is 0 Å². The Labute approximate surface area is 80.8 Å². The number of hydrogen-bond donors (Lipinski definition) is 1. The molecule has 0 heterocycles. The summed E-state index contributed by atoms with van der Waals surface area (Å²) in [4.78, 5) is 0. The third-order valence-electron chi connectivity index (χ3n) is 2.46. The summed E-state index contributed by atoms with van der Waals surface area (Å²) in [5, 5.41) is 3.35. The Bertz CT molecular complexity index is 244. The standard InChI is InChI=1S/C9H19NO2S/c1-3-10-9(8-4-5-8)6-7-13(2,11)12/h8-10H,3-7H2,1-2H3. The molecule has 0 saturated heterocycles. The van der Waals surface area contributed by atoms with E-state index in [1.165, 1.54) is 19.1 Å². The van der Waals surface area contributed by atoms with Crippen LogP contribution in [0.25, 0.3) is 0 Å². The highest BCUT2D eigenvalue weighted by molar-refractivity contribution is 7.90. The highest BCUT2D eigenvalue weighted by atomic mass is 32.2. The van der Waals surface area contributed by atoms with Crippen molar-refractivity contribution >= 4 is 9.84 Å². The second-order valence-corrected chi connectivity index (χ2v) is 6.18. The smallest absolute Gasteiger partial charge is 0.147 e. The average molecular weight is 205 g/mol. The lowest BCUT2D eigenvalue weighted by molar-refractivity contribution is 0.461. The van der Waals surface area contributed by atoms with Crippen LogP contribution in [0, 0.1) is 5.92 Å². The Morgan fingerprint density at radius 1 is 1.46 bits per heavy atom. The molecule has 1 saturated carbocycles. The molecule has 1 aliphatic carbocycles. The number of hydrogen-bond acceptors (Lipinski definition) is 3. The van der Waals surface area contributed by atoms with Crippen molar-refractivity contribution in [3.8, 4) is 0 Å². The molecule has 1 atom stereocenters. The molecular formula is C9H19NO2S. The van der Waals surface area contributed by atoms with E-state index in [0.29, 0.717) is 11.8 Å². The van der Waals surface area contributed by atoms with Crippen LogP contribution in [0.15, 0.2) is 0 Å². The van der Waals surface area contributed by atoms with Gasteiger partial charge in [-0.25, -0.2) is 8.42 Å². The molecule has 4 heteroatoms. The minimum absolute atomic E-state index is 0.321. The van der Waals surface area contributed by atoms with Crippen LogP contribution in [0.4, 0.5) is 0 Å². The Morgan fingerprint density at radius 3 is 2.46 bits per heavy atom. The van der Waals surface area contributed by atoms with Crippen molar-refractivity contribution in [2.24, 2.45) is 5.92 Å². The maximum atomic E-state index is 11.0. The number of rotatable bonds is 6. The SMILES string of the molecule is CCNC(CCS(C)(=O)=O)C1CC1. The van der Waals surface area contributed by atoms with Crippen LogP contribution < -0.4 is 5.32 Å². The first-order valence-corrected chi connectivity index (χ1v) is 7.00. The van der Waals surface area contributed by atoms with Crippen molar-refractivity contribution < 1.29 is 8.42 Å². The molecule has 1 fully saturated rings. The summed E-state index contributed by atoms with van der Waals surface area (Å²) in [5.41, 5.74) is 0. The number of sulfone groups is 1. The van der Waals surface area contributed by atoms with Crippen LogP contribution in [-0.4, -0.2) is 33.0 Å². The van der Waals surface area contributed by atoms with Crippen LogP contribution in [0.2, 0.25) is 0 Å². The van der Waals surface area contributed by atoms with Gasteiger partial charge in [-0.1, -0.05) is 6.92 Å². The third-order valence-corrected chi connectivity index (χ3v) is 3.43. The summed E-state index contributed by atoms with van der Waals surface area (Å²) in [6, 6.07) is 0.430. The molecular weight excluding hydrogens is 186 g/mol. The van der Waals surface area contributed by atoms with Crippen LogP contribution in [0.1, 0.15) is 26.2 Å². The van der Waals surface area contributed by atoms with Crippen LogP contribution >= 0.6 is 0 Å². The van der Waals surface area contributed by atoms with Gasteiger partial charge < -0.3 is 5.32 Å².